The standard InChI is InChI=1S/C17H21N5O3/c1-12-5-9-21(10-6-12)15-4-3-13(22(24)25)11-14(15)17(23)18-16-7-8-20(2)19-16/h3-4,7-8,11-12H,5-6,9-10H2,1-2H3,(H,18,19,23). The molecule has 132 valence electrons. The summed E-state index contributed by atoms with van der Waals surface area (Å²) in [5.74, 6) is 0.674. The van der Waals surface area contributed by atoms with Gasteiger partial charge in [-0.15, -0.1) is 0 Å². The molecular formula is C17H21N5O3. The first-order chi connectivity index (χ1) is 11.9. The Hall–Kier alpha value is -2.90. The topological polar surface area (TPSA) is 93.3 Å². The number of amides is 1. The Morgan fingerprint density at radius 1 is 1.32 bits per heavy atom. The highest BCUT2D eigenvalue weighted by Gasteiger charge is 2.23. The smallest absolute Gasteiger partial charge is 0.270 e. The van der Waals surface area contributed by atoms with E-state index in [0.29, 0.717) is 17.3 Å². The Labute approximate surface area is 145 Å². The zero-order valence-corrected chi connectivity index (χ0v) is 14.3. The van der Waals surface area contributed by atoms with Crippen LogP contribution in [0.25, 0.3) is 0 Å². The first-order valence-corrected chi connectivity index (χ1v) is 8.28. The molecule has 1 aromatic carbocycles. The summed E-state index contributed by atoms with van der Waals surface area (Å²) in [5, 5.41) is 17.9. The number of hydrogen-bond acceptors (Lipinski definition) is 5. The third-order valence-electron chi connectivity index (χ3n) is 4.52. The highest BCUT2D eigenvalue weighted by molar-refractivity contribution is 6.08. The average Bonchev–Trinajstić information content (AvgIpc) is 3.00. The minimum Gasteiger partial charge on any atom is -0.371 e. The molecule has 0 spiro atoms. The number of carbonyl (C=O) groups excluding carboxylic acids is 1. The lowest BCUT2D eigenvalue weighted by molar-refractivity contribution is -0.384. The van der Waals surface area contributed by atoms with E-state index in [-0.39, 0.29) is 5.69 Å². The van der Waals surface area contributed by atoms with E-state index in [0.717, 1.165) is 31.6 Å². The number of rotatable bonds is 4. The lowest BCUT2D eigenvalue weighted by Crippen LogP contribution is -2.34. The van der Waals surface area contributed by atoms with Crippen molar-refractivity contribution < 1.29 is 9.72 Å². The molecular weight excluding hydrogens is 322 g/mol. The molecule has 2 aromatic rings. The van der Waals surface area contributed by atoms with Crippen LogP contribution in [-0.2, 0) is 7.05 Å². The maximum atomic E-state index is 12.7. The van der Waals surface area contributed by atoms with Gasteiger partial charge in [-0.3, -0.25) is 19.6 Å². The third kappa shape index (κ3) is 3.78. The van der Waals surface area contributed by atoms with Crippen LogP contribution >= 0.6 is 0 Å². The highest BCUT2D eigenvalue weighted by Crippen LogP contribution is 2.29. The first-order valence-electron chi connectivity index (χ1n) is 8.28. The predicted molar refractivity (Wildman–Crippen MR) is 94.9 cm³/mol. The van der Waals surface area contributed by atoms with Gasteiger partial charge in [0.25, 0.3) is 11.6 Å². The second-order valence-electron chi connectivity index (χ2n) is 6.46. The zero-order chi connectivity index (χ0) is 18.0. The molecule has 25 heavy (non-hydrogen) atoms. The quantitative estimate of drug-likeness (QED) is 0.680. The minimum atomic E-state index is -0.487. The van der Waals surface area contributed by atoms with Crippen LogP contribution in [-0.4, -0.2) is 33.7 Å². The van der Waals surface area contributed by atoms with E-state index < -0.39 is 10.8 Å². The number of anilines is 2. The van der Waals surface area contributed by atoms with Crippen LogP contribution in [0.3, 0.4) is 0 Å². The second kappa shape index (κ2) is 6.92. The van der Waals surface area contributed by atoms with Crippen LogP contribution in [0.1, 0.15) is 30.1 Å². The molecule has 1 aliphatic heterocycles. The molecule has 2 heterocycles. The van der Waals surface area contributed by atoms with Crippen molar-refractivity contribution in [3.63, 3.8) is 0 Å². The van der Waals surface area contributed by atoms with Gasteiger partial charge in [-0.1, -0.05) is 6.92 Å². The molecule has 1 aliphatic rings. The lowest BCUT2D eigenvalue weighted by atomic mass is 9.98. The van der Waals surface area contributed by atoms with Gasteiger partial charge in [0.05, 0.1) is 16.2 Å². The Bertz CT molecular complexity index is 793. The molecule has 1 fully saturated rings. The van der Waals surface area contributed by atoms with Crippen LogP contribution in [0, 0.1) is 16.0 Å². The van der Waals surface area contributed by atoms with Crippen LogP contribution in [0.2, 0.25) is 0 Å². The van der Waals surface area contributed by atoms with Crippen molar-refractivity contribution in [2.75, 3.05) is 23.3 Å². The second-order valence-corrected chi connectivity index (χ2v) is 6.46. The van der Waals surface area contributed by atoms with E-state index in [9.17, 15) is 14.9 Å². The van der Waals surface area contributed by atoms with Crippen molar-refractivity contribution in [2.24, 2.45) is 13.0 Å². The molecule has 0 atom stereocenters. The Kier molecular flexibility index (Phi) is 4.69. The van der Waals surface area contributed by atoms with Crippen molar-refractivity contribution in [2.45, 2.75) is 19.8 Å². The molecule has 1 N–H and O–H groups in total. The maximum Gasteiger partial charge on any atom is 0.270 e. The SMILES string of the molecule is CC1CCN(c2ccc([N+](=O)[O-])cc2C(=O)Nc2ccn(C)n2)CC1. The van der Waals surface area contributed by atoms with Crippen molar-refractivity contribution >= 4 is 23.1 Å². The van der Waals surface area contributed by atoms with Crippen LogP contribution < -0.4 is 10.2 Å². The number of benzene rings is 1. The van der Waals surface area contributed by atoms with E-state index in [1.807, 2.05) is 0 Å². The van der Waals surface area contributed by atoms with Crippen LogP contribution in [0.5, 0.6) is 0 Å². The third-order valence-corrected chi connectivity index (χ3v) is 4.52. The van der Waals surface area contributed by atoms with Gasteiger partial charge >= 0.3 is 0 Å². The number of nitro groups is 1. The number of hydrogen-bond donors (Lipinski definition) is 1. The number of non-ortho nitro benzene ring substituents is 1. The first kappa shape index (κ1) is 16.9. The summed E-state index contributed by atoms with van der Waals surface area (Å²) >= 11 is 0. The van der Waals surface area contributed by atoms with Crippen molar-refractivity contribution in [3.05, 3.63) is 46.1 Å². The molecule has 1 aromatic heterocycles. The van der Waals surface area contributed by atoms with Crippen molar-refractivity contribution in [1.29, 1.82) is 0 Å². The predicted octanol–water partition coefficient (Wildman–Crippen LogP) is 2.82. The Morgan fingerprint density at radius 3 is 2.64 bits per heavy atom. The zero-order valence-electron chi connectivity index (χ0n) is 14.3. The maximum absolute atomic E-state index is 12.7. The number of nitrogens with one attached hydrogen (secondary N) is 1. The molecule has 1 amide bonds. The lowest BCUT2D eigenvalue weighted by Gasteiger charge is -2.33. The fraction of sp³-hybridized carbons (Fsp3) is 0.412. The summed E-state index contributed by atoms with van der Waals surface area (Å²) in [7, 11) is 1.75. The van der Waals surface area contributed by atoms with Gasteiger partial charge in [0.15, 0.2) is 5.82 Å². The van der Waals surface area contributed by atoms with Gasteiger partial charge in [-0.2, -0.15) is 5.10 Å². The monoisotopic (exact) mass is 343 g/mol. The number of piperidine rings is 1. The number of aromatic nitrogens is 2. The normalized spacial score (nSPS) is 15.2. The fourth-order valence-corrected chi connectivity index (χ4v) is 3.01. The fourth-order valence-electron chi connectivity index (χ4n) is 3.01. The molecule has 1 saturated heterocycles. The number of aryl methyl sites for hydroxylation is 1. The van der Waals surface area contributed by atoms with Gasteiger partial charge in [0.2, 0.25) is 0 Å². The van der Waals surface area contributed by atoms with Crippen molar-refractivity contribution in [1.82, 2.24) is 9.78 Å². The number of carbonyl (C=O) groups is 1. The van der Waals surface area contributed by atoms with E-state index in [2.05, 4.69) is 22.2 Å². The van der Waals surface area contributed by atoms with Crippen molar-refractivity contribution in [3.8, 4) is 0 Å². The summed E-state index contributed by atoms with van der Waals surface area (Å²) in [4.78, 5) is 25.5. The molecule has 0 bridgehead atoms. The van der Waals surface area contributed by atoms with E-state index >= 15 is 0 Å². The molecule has 8 nitrogen and oxygen atoms in total. The van der Waals surface area contributed by atoms with Gasteiger partial charge in [-0.25, -0.2) is 0 Å². The van der Waals surface area contributed by atoms with Gasteiger partial charge in [0.1, 0.15) is 0 Å². The van der Waals surface area contributed by atoms with Crippen LogP contribution in [0.15, 0.2) is 30.5 Å². The van der Waals surface area contributed by atoms with Gasteiger partial charge < -0.3 is 10.2 Å². The molecule has 0 unspecified atom stereocenters. The number of nitro benzene ring substituents is 1. The summed E-state index contributed by atoms with van der Waals surface area (Å²) < 4.78 is 1.58. The largest absolute Gasteiger partial charge is 0.371 e. The van der Waals surface area contributed by atoms with E-state index in [1.54, 1.807) is 30.1 Å². The Morgan fingerprint density at radius 2 is 2.04 bits per heavy atom. The Balaban J connectivity index is 1.91. The average molecular weight is 343 g/mol. The highest BCUT2D eigenvalue weighted by atomic mass is 16.6. The van der Waals surface area contributed by atoms with E-state index in [1.165, 1.54) is 12.1 Å². The molecule has 3 rings (SSSR count). The summed E-state index contributed by atoms with van der Waals surface area (Å²) in [6, 6.07) is 6.13. The van der Waals surface area contributed by atoms with Crippen LogP contribution in [0.4, 0.5) is 17.2 Å². The minimum absolute atomic E-state index is 0.0969. The van der Waals surface area contributed by atoms with Gasteiger partial charge in [-0.05, 0) is 24.8 Å². The summed E-state index contributed by atoms with van der Waals surface area (Å²) in [5.41, 5.74) is 0.931. The summed E-state index contributed by atoms with van der Waals surface area (Å²) in [6.45, 7) is 3.88. The number of nitrogens with zero attached hydrogens (tertiary/aromatic N) is 4. The van der Waals surface area contributed by atoms with E-state index in [4.69, 9.17) is 0 Å². The molecule has 0 saturated carbocycles. The summed E-state index contributed by atoms with van der Waals surface area (Å²) in [6.07, 6.45) is 3.80. The molecule has 8 heteroatoms. The molecule has 0 aliphatic carbocycles. The van der Waals surface area contributed by atoms with Gasteiger partial charge in [0, 0.05) is 44.5 Å². The molecule has 0 radical (unpaired) electrons.